The van der Waals surface area contributed by atoms with Crippen LogP contribution in [0.4, 0.5) is 13.2 Å². The summed E-state index contributed by atoms with van der Waals surface area (Å²) < 4.78 is 37.4. The molecule has 0 saturated carbocycles. The number of halogens is 4. The predicted octanol–water partition coefficient (Wildman–Crippen LogP) is 3.48. The molecule has 0 aliphatic heterocycles. The molecule has 0 atom stereocenters. The highest BCUT2D eigenvalue weighted by molar-refractivity contribution is 9.10. The van der Waals surface area contributed by atoms with E-state index in [1.165, 1.54) is 19.9 Å². The van der Waals surface area contributed by atoms with Crippen molar-refractivity contribution in [1.82, 2.24) is 4.98 Å². The Bertz CT molecular complexity index is 333. The average molecular weight is 254 g/mol. The quantitative estimate of drug-likeness (QED) is 0.690. The highest BCUT2D eigenvalue weighted by Gasteiger charge is 2.34. The third-order valence-electron chi connectivity index (χ3n) is 1.61. The molecule has 0 N–H and O–H groups in total. The van der Waals surface area contributed by atoms with Crippen LogP contribution in [0.25, 0.3) is 0 Å². The van der Waals surface area contributed by atoms with Gasteiger partial charge < -0.3 is 0 Å². The van der Waals surface area contributed by atoms with Crippen molar-refractivity contribution in [3.63, 3.8) is 0 Å². The zero-order valence-corrected chi connectivity index (χ0v) is 8.62. The first-order valence-corrected chi connectivity index (χ1v) is 4.32. The van der Waals surface area contributed by atoms with Gasteiger partial charge in [0.1, 0.15) is 5.69 Å². The van der Waals surface area contributed by atoms with Gasteiger partial charge in [-0.3, -0.25) is 0 Å². The van der Waals surface area contributed by atoms with Crippen LogP contribution in [0.3, 0.4) is 0 Å². The van der Waals surface area contributed by atoms with E-state index in [1.807, 2.05) is 0 Å². The minimum absolute atomic E-state index is 0.130. The van der Waals surface area contributed by atoms with E-state index in [2.05, 4.69) is 20.9 Å². The second kappa shape index (κ2) is 3.29. The molecule has 1 nitrogen and oxygen atoms in total. The molecular formula is C8H7BrF3N. The maximum atomic E-state index is 12.3. The molecule has 1 aromatic rings. The van der Waals surface area contributed by atoms with Crippen LogP contribution >= 0.6 is 15.9 Å². The average Bonchev–Trinajstić information content (AvgIpc) is 1.94. The first-order valence-electron chi connectivity index (χ1n) is 3.53. The Balaban J connectivity index is 3.32. The van der Waals surface area contributed by atoms with Crippen molar-refractivity contribution in [2.75, 3.05) is 0 Å². The molecule has 5 heteroatoms. The minimum atomic E-state index is -4.37. The Labute approximate surface area is 82.1 Å². The topological polar surface area (TPSA) is 12.9 Å². The van der Waals surface area contributed by atoms with Gasteiger partial charge in [0.2, 0.25) is 0 Å². The summed E-state index contributed by atoms with van der Waals surface area (Å²) in [7, 11) is 0. The summed E-state index contributed by atoms with van der Waals surface area (Å²) in [5.41, 5.74) is -0.337. The number of alkyl halides is 3. The Kier molecular flexibility index (Phi) is 2.66. The summed E-state index contributed by atoms with van der Waals surface area (Å²) >= 11 is 3.12. The van der Waals surface area contributed by atoms with E-state index in [0.717, 1.165) is 0 Å². The number of aryl methyl sites for hydroxylation is 2. The Morgan fingerprint density at radius 2 is 1.85 bits per heavy atom. The van der Waals surface area contributed by atoms with Crippen molar-refractivity contribution < 1.29 is 13.2 Å². The van der Waals surface area contributed by atoms with Crippen molar-refractivity contribution in [2.45, 2.75) is 20.0 Å². The van der Waals surface area contributed by atoms with Crippen molar-refractivity contribution in [1.29, 1.82) is 0 Å². The zero-order chi connectivity index (χ0) is 10.2. The maximum Gasteiger partial charge on any atom is 0.433 e. The van der Waals surface area contributed by atoms with Crippen LogP contribution in [-0.2, 0) is 6.18 Å². The van der Waals surface area contributed by atoms with Gasteiger partial charge in [0.15, 0.2) is 0 Å². The number of rotatable bonds is 0. The number of pyridine rings is 1. The van der Waals surface area contributed by atoms with Crippen molar-refractivity contribution in [2.24, 2.45) is 0 Å². The lowest BCUT2D eigenvalue weighted by Crippen LogP contribution is -2.11. The molecule has 0 aromatic carbocycles. The second-order valence-electron chi connectivity index (χ2n) is 2.72. The van der Waals surface area contributed by atoms with E-state index in [1.54, 1.807) is 0 Å². The molecule has 0 fully saturated rings. The molecule has 13 heavy (non-hydrogen) atoms. The summed E-state index contributed by atoms with van der Waals surface area (Å²) in [5, 5.41) is 0. The largest absolute Gasteiger partial charge is 0.433 e. The van der Waals surface area contributed by atoms with E-state index < -0.39 is 11.9 Å². The van der Waals surface area contributed by atoms with Crippen LogP contribution < -0.4 is 0 Å². The molecule has 0 aliphatic rings. The van der Waals surface area contributed by atoms with Gasteiger partial charge >= 0.3 is 6.18 Å². The normalized spacial score (nSPS) is 11.8. The van der Waals surface area contributed by atoms with E-state index in [0.29, 0.717) is 10.2 Å². The minimum Gasteiger partial charge on any atom is -0.247 e. The Morgan fingerprint density at radius 1 is 1.31 bits per heavy atom. The Morgan fingerprint density at radius 3 is 2.31 bits per heavy atom. The van der Waals surface area contributed by atoms with E-state index in [4.69, 9.17) is 0 Å². The number of nitrogens with zero attached hydrogens (tertiary/aromatic N) is 1. The fraction of sp³-hybridized carbons (Fsp3) is 0.375. The molecule has 1 aromatic heterocycles. The van der Waals surface area contributed by atoms with Gasteiger partial charge in [-0.25, -0.2) is 4.98 Å². The molecule has 1 heterocycles. The number of hydrogen-bond acceptors (Lipinski definition) is 1. The molecule has 0 spiro atoms. The van der Waals surface area contributed by atoms with Gasteiger partial charge in [-0.15, -0.1) is 0 Å². The zero-order valence-electron chi connectivity index (χ0n) is 7.04. The first-order chi connectivity index (χ1) is 5.82. The lowest BCUT2D eigenvalue weighted by Gasteiger charge is -2.10. The Hall–Kier alpha value is -0.580. The van der Waals surface area contributed by atoms with E-state index in [9.17, 15) is 13.2 Å². The monoisotopic (exact) mass is 253 g/mol. The van der Waals surface area contributed by atoms with Gasteiger partial charge in [-0.05, 0) is 41.4 Å². The van der Waals surface area contributed by atoms with Gasteiger partial charge in [-0.1, -0.05) is 0 Å². The predicted molar refractivity (Wildman–Crippen MR) is 46.4 cm³/mol. The SMILES string of the molecule is Cc1cc(Br)c(C)nc1C(F)(F)F. The van der Waals surface area contributed by atoms with Crippen molar-refractivity contribution in [3.05, 3.63) is 27.5 Å². The summed E-state index contributed by atoms with van der Waals surface area (Å²) in [4.78, 5) is 3.47. The maximum absolute atomic E-state index is 12.3. The molecular weight excluding hydrogens is 247 g/mol. The fourth-order valence-electron chi connectivity index (χ4n) is 0.959. The summed E-state index contributed by atoms with van der Waals surface area (Å²) in [6, 6.07) is 1.42. The molecule has 0 radical (unpaired) electrons. The third kappa shape index (κ3) is 2.21. The summed E-state index contributed by atoms with van der Waals surface area (Å²) in [6.45, 7) is 2.92. The van der Waals surface area contributed by atoms with Gasteiger partial charge in [-0.2, -0.15) is 13.2 Å². The second-order valence-corrected chi connectivity index (χ2v) is 3.57. The van der Waals surface area contributed by atoms with Crippen LogP contribution in [0.5, 0.6) is 0 Å². The summed E-state index contributed by atoms with van der Waals surface area (Å²) in [5.74, 6) is 0. The molecule has 72 valence electrons. The van der Waals surface area contributed by atoms with E-state index >= 15 is 0 Å². The molecule has 0 bridgehead atoms. The van der Waals surface area contributed by atoms with Crippen molar-refractivity contribution >= 4 is 15.9 Å². The lowest BCUT2D eigenvalue weighted by atomic mass is 10.2. The van der Waals surface area contributed by atoms with Crippen LogP contribution in [-0.4, -0.2) is 4.98 Å². The van der Waals surface area contributed by atoms with Gasteiger partial charge in [0, 0.05) is 4.47 Å². The molecule has 0 aliphatic carbocycles. The van der Waals surface area contributed by atoms with Crippen LogP contribution in [0.2, 0.25) is 0 Å². The summed E-state index contributed by atoms with van der Waals surface area (Å²) in [6.07, 6.45) is -4.37. The lowest BCUT2D eigenvalue weighted by molar-refractivity contribution is -0.141. The van der Waals surface area contributed by atoms with Crippen LogP contribution in [0.1, 0.15) is 17.0 Å². The fourth-order valence-corrected chi connectivity index (χ4v) is 1.39. The highest BCUT2D eigenvalue weighted by atomic mass is 79.9. The molecule has 0 unspecified atom stereocenters. The molecule has 0 amide bonds. The number of aromatic nitrogens is 1. The first kappa shape index (κ1) is 10.5. The standard InChI is InChI=1S/C8H7BrF3N/c1-4-3-6(9)5(2)13-7(4)8(10,11)12/h3H,1-2H3. The van der Waals surface area contributed by atoms with Gasteiger partial charge in [0.25, 0.3) is 0 Å². The van der Waals surface area contributed by atoms with Crippen LogP contribution in [0.15, 0.2) is 10.5 Å². The highest BCUT2D eigenvalue weighted by Crippen LogP contribution is 2.31. The molecule has 1 rings (SSSR count). The van der Waals surface area contributed by atoms with E-state index in [-0.39, 0.29) is 5.56 Å². The van der Waals surface area contributed by atoms with Crippen molar-refractivity contribution in [3.8, 4) is 0 Å². The third-order valence-corrected chi connectivity index (χ3v) is 2.41. The smallest absolute Gasteiger partial charge is 0.247 e. The number of hydrogen-bond donors (Lipinski definition) is 0. The van der Waals surface area contributed by atoms with Crippen LogP contribution in [0, 0.1) is 13.8 Å². The molecule has 0 saturated heterocycles. The van der Waals surface area contributed by atoms with Gasteiger partial charge in [0.05, 0.1) is 5.69 Å².